The topological polar surface area (TPSA) is 41.8 Å². The number of nitrogens with one attached hydrogen (secondary N) is 1. The number of rotatable bonds is 3. The van der Waals surface area contributed by atoms with Crippen molar-refractivity contribution < 1.29 is 4.39 Å². The normalized spacial score (nSPS) is 12.4. The fourth-order valence-electron chi connectivity index (χ4n) is 1.59. The number of aromatic nitrogens is 1. The van der Waals surface area contributed by atoms with E-state index in [4.69, 9.17) is 5.73 Å². The Morgan fingerprint density at radius 2 is 2.13 bits per heavy atom. The Hall–Kier alpha value is -1.06. The number of aromatic amines is 1. The number of nitrogens with two attached hydrogens (primary N) is 1. The maximum atomic E-state index is 12.1. The van der Waals surface area contributed by atoms with E-state index in [2.05, 4.69) is 4.98 Å². The van der Waals surface area contributed by atoms with Crippen LogP contribution >= 0.6 is 12.4 Å². The van der Waals surface area contributed by atoms with Crippen LogP contribution < -0.4 is 5.73 Å². The van der Waals surface area contributed by atoms with Gasteiger partial charge in [-0.25, -0.2) is 0 Å². The number of fused-ring (bicyclic) bond motifs is 1. The molecule has 1 heterocycles. The highest BCUT2D eigenvalue weighted by molar-refractivity contribution is 5.85. The zero-order valence-corrected chi connectivity index (χ0v) is 9.06. The molecule has 4 heteroatoms. The van der Waals surface area contributed by atoms with E-state index in [0.29, 0.717) is 6.42 Å². The SMILES string of the molecule is Cl.N[C@@H](CCF)c1ccc2[nH]ccc2c1. The van der Waals surface area contributed by atoms with E-state index < -0.39 is 0 Å². The highest BCUT2D eigenvalue weighted by Gasteiger charge is 2.06. The summed E-state index contributed by atoms with van der Waals surface area (Å²) in [5.74, 6) is 0. The van der Waals surface area contributed by atoms with Gasteiger partial charge in [0.15, 0.2) is 0 Å². The maximum absolute atomic E-state index is 12.1. The molecule has 2 aromatic rings. The lowest BCUT2D eigenvalue weighted by Gasteiger charge is -2.09. The molecule has 2 rings (SSSR count). The Morgan fingerprint density at radius 1 is 1.33 bits per heavy atom. The first-order valence-electron chi connectivity index (χ1n) is 4.70. The third kappa shape index (κ3) is 2.49. The molecule has 0 aliphatic carbocycles. The smallest absolute Gasteiger partial charge is 0.0912 e. The summed E-state index contributed by atoms with van der Waals surface area (Å²) in [7, 11) is 0. The zero-order chi connectivity index (χ0) is 9.97. The molecule has 1 aromatic heterocycles. The van der Waals surface area contributed by atoms with E-state index in [0.717, 1.165) is 16.5 Å². The summed E-state index contributed by atoms with van der Waals surface area (Å²) in [6.45, 7) is -0.369. The minimum Gasteiger partial charge on any atom is -0.361 e. The molecule has 0 radical (unpaired) electrons. The van der Waals surface area contributed by atoms with E-state index in [-0.39, 0.29) is 25.1 Å². The Kier molecular flexibility index (Phi) is 4.12. The number of hydrogen-bond donors (Lipinski definition) is 2. The van der Waals surface area contributed by atoms with Crippen LogP contribution in [0.15, 0.2) is 30.5 Å². The monoisotopic (exact) mass is 228 g/mol. The van der Waals surface area contributed by atoms with Crippen molar-refractivity contribution in [2.75, 3.05) is 6.67 Å². The van der Waals surface area contributed by atoms with Crippen molar-refractivity contribution in [1.82, 2.24) is 4.98 Å². The van der Waals surface area contributed by atoms with Crippen LogP contribution in [0, 0.1) is 0 Å². The van der Waals surface area contributed by atoms with Crippen LogP contribution in [0.4, 0.5) is 4.39 Å². The number of benzene rings is 1. The molecule has 0 spiro atoms. The number of halogens is 2. The number of H-pyrrole nitrogens is 1. The molecule has 15 heavy (non-hydrogen) atoms. The van der Waals surface area contributed by atoms with Gasteiger partial charge in [0.2, 0.25) is 0 Å². The second-order valence-electron chi connectivity index (χ2n) is 3.41. The van der Waals surface area contributed by atoms with Crippen molar-refractivity contribution in [3.8, 4) is 0 Å². The lowest BCUT2D eigenvalue weighted by Crippen LogP contribution is -2.10. The van der Waals surface area contributed by atoms with E-state index in [1.807, 2.05) is 30.5 Å². The van der Waals surface area contributed by atoms with E-state index in [1.54, 1.807) is 0 Å². The van der Waals surface area contributed by atoms with Crippen LogP contribution in [-0.4, -0.2) is 11.7 Å². The van der Waals surface area contributed by atoms with Crippen LogP contribution in [0.3, 0.4) is 0 Å². The highest BCUT2D eigenvalue weighted by atomic mass is 35.5. The summed E-state index contributed by atoms with van der Waals surface area (Å²) in [4.78, 5) is 3.10. The Bertz CT molecular complexity index is 427. The molecular formula is C11H14ClFN2. The van der Waals surface area contributed by atoms with Crippen LogP contribution in [-0.2, 0) is 0 Å². The molecule has 3 N–H and O–H groups in total. The summed E-state index contributed by atoms with van der Waals surface area (Å²) >= 11 is 0. The van der Waals surface area contributed by atoms with E-state index in [9.17, 15) is 4.39 Å². The molecule has 0 aliphatic rings. The van der Waals surface area contributed by atoms with E-state index >= 15 is 0 Å². The minimum absolute atomic E-state index is 0. The van der Waals surface area contributed by atoms with Crippen LogP contribution in [0.5, 0.6) is 0 Å². The Balaban J connectivity index is 0.00000112. The molecule has 1 aromatic carbocycles. The Labute approximate surface area is 94.1 Å². The van der Waals surface area contributed by atoms with Crippen molar-refractivity contribution >= 4 is 23.3 Å². The van der Waals surface area contributed by atoms with Gasteiger partial charge in [0.1, 0.15) is 0 Å². The molecule has 1 atom stereocenters. The first-order valence-corrected chi connectivity index (χ1v) is 4.70. The van der Waals surface area contributed by atoms with Gasteiger partial charge in [0.25, 0.3) is 0 Å². The van der Waals surface area contributed by atoms with Gasteiger partial charge in [-0.2, -0.15) is 0 Å². The summed E-state index contributed by atoms with van der Waals surface area (Å²) in [6.07, 6.45) is 2.27. The Morgan fingerprint density at radius 3 is 2.87 bits per heavy atom. The highest BCUT2D eigenvalue weighted by Crippen LogP contribution is 2.20. The minimum atomic E-state index is -0.369. The molecule has 2 nitrogen and oxygen atoms in total. The van der Waals surface area contributed by atoms with Crippen molar-refractivity contribution in [3.05, 3.63) is 36.0 Å². The van der Waals surface area contributed by atoms with Crippen molar-refractivity contribution in [3.63, 3.8) is 0 Å². The molecule has 0 amide bonds. The average Bonchev–Trinajstić information content (AvgIpc) is 2.64. The maximum Gasteiger partial charge on any atom is 0.0912 e. The number of alkyl halides is 1. The molecule has 0 unspecified atom stereocenters. The molecule has 0 fully saturated rings. The predicted molar refractivity (Wildman–Crippen MR) is 63.1 cm³/mol. The molecule has 0 saturated heterocycles. The van der Waals surface area contributed by atoms with Gasteiger partial charge in [-0.1, -0.05) is 6.07 Å². The van der Waals surface area contributed by atoms with Gasteiger partial charge < -0.3 is 10.7 Å². The largest absolute Gasteiger partial charge is 0.361 e. The predicted octanol–water partition coefficient (Wildman–Crippen LogP) is 2.95. The van der Waals surface area contributed by atoms with Crippen LogP contribution in [0.2, 0.25) is 0 Å². The van der Waals surface area contributed by atoms with Gasteiger partial charge in [0, 0.05) is 17.8 Å². The molecule has 82 valence electrons. The van der Waals surface area contributed by atoms with Crippen LogP contribution in [0.25, 0.3) is 10.9 Å². The number of hydrogen-bond acceptors (Lipinski definition) is 1. The molecular weight excluding hydrogens is 215 g/mol. The van der Waals surface area contributed by atoms with Crippen molar-refractivity contribution in [2.45, 2.75) is 12.5 Å². The first-order chi connectivity index (χ1) is 6.81. The second kappa shape index (κ2) is 5.14. The zero-order valence-electron chi connectivity index (χ0n) is 8.24. The van der Waals surface area contributed by atoms with Gasteiger partial charge in [-0.3, -0.25) is 4.39 Å². The summed E-state index contributed by atoms with van der Waals surface area (Å²) in [5, 5.41) is 1.12. The molecule has 0 aliphatic heterocycles. The fourth-order valence-corrected chi connectivity index (χ4v) is 1.59. The quantitative estimate of drug-likeness (QED) is 0.833. The van der Waals surface area contributed by atoms with Gasteiger partial charge in [-0.15, -0.1) is 12.4 Å². The third-order valence-electron chi connectivity index (χ3n) is 2.43. The summed E-state index contributed by atoms with van der Waals surface area (Å²) in [6, 6.07) is 7.72. The van der Waals surface area contributed by atoms with Crippen LogP contribution in [0.1, 0.15) is 18.0 Å². The van der Waals surface area contributed by atoms with E-state index in [1.165, 1.54) is 0 Å². The summed E-state index contributed by atoms with van der Waals surface area (Å²) < 4.78 is 12.1. The second-order valence-corrected chi connectivity index (χ2v) is 3.41. The molecule has 0 saturated carbocycles. The van der Waals surface area contributed by atoms with Gasteiger partial charge in [-0.05, 0) is 35.6 Å². The standard InChI is InChI=1S/C11H13FN2.ClH/c12-5-3-10(13)8-1-2-11-9(7-8)4-6-14-11;/h1-2,4,6-7,10,14H,3,5,13H2;1H/t10-;/m0./s1. The fraction of sp³-hybridized carbons (Fsp3) is 0.273. The third-order valence-corrected chi connectivity index (χ3v) is 2.43. The van der Waals surface area contributed by atoms with Crippen molar-refractivity contribution in [1.29, 1.82) is 0 Å². The summed E-state index contributed by atoms with van der Waals surface area (Å²) in [5.41, 5.74) is 7.89. The van der Waals surface area contributed by atoms with Gasteiger partial charge in [0.05, 0.1) is 6.67 Å². The molecule has 0 bridgehead atoms. The lowest BCUT2D eigenvalue weighted by molar-refractivity contribution is 0.442. The van der Waals surface area contributed by atoms with Gasteiger partial charge >= 0.3 is 0 Å². The van der Waals surface area contributed by atoms with Crippen molar-refractivity contribution in [2.24, 2.45) is 5.73 Å². The average molecular weight is 229 g/mol. The first kappa shape index (κ1) is 12.0. The lowest BCUT2D eigenvalue weighted by atomic mass is 10.0.